The zero-order chi connectivity index (χ0) is 22.5. The van der Waals surface area contributed by atoms with Gasteiger partial charge in [0, 0.05) is 39.3 Å². The lowest BCUT2D eigenvalue weighted by molar-refractivity contribution is -0.103. The van der Waals surface area contributed by atoms with E-state index in [1.807, 2.05) is 25.8 Å². The van der Waals surface area contributed by atoms with E-state index in [-0.39, 0.29) is 9.03 Å². The first-order chi connectivity index (χ1) is 12.8. The van der Waals surface area contributed by atoms with Gasteiger partial charge in [0.2, 0.25) is 0 Å². The Hall–Kier alpha value is -1.21. The number of carbonyl (C=O) groups is 1. The molecule has 0 aromatic rings. The van der Waals surface area contributed by atoms with Crippen LogP contribution in [0.5, 0.6) is 0 Å². The van der Waals surface area contributed by atoms with E-state index in [9.17, 15) is 4.79 Å². The minimum absolute atomic E-state index is 0.198. The van der Waals surface area contributed by atoms with Crippen LogP contribution in [-0.4, -0.2) is 65.4 Å². The third-order valence-corrected chi connectivity index (χ3v) is 2.77. The van der Waals surface area contributed by atoms with Gasteiger partial charge in [0.25, 0.3) is 0 Å². The SMILES string of the molecule is CC.CC(C)N(C)C(C)C.COC#CC=O.COCCC#N.COPOC. The van der Waals surface area contributed by atoms with Crippen molar-refractivity contribution in [2.45, 2.75) is 60.0 Å². The maximum atomic E-state index is 9.31. The van der Waals surface area contributed by atoms with Crippen molar-refractivity contribution >= 4 is 15.3 Å². The Kier molecular flexibility index (Phi) is 54.0. The van der Waals surface area contributed by atoms with Gasteiger partial charge in [-0.1, -0.05) is 13.8 Å². The van der Waals surface area contributed by atoms with Crippen LogP contribution in [0.1, 0.15) is 48.0 Å². The number of ether oxygens (including phenoxy) is 2. The molecule has 8 heteroatoms. The highest BCUT2D eigenvalue weighted by Crippen LogP contribution is 2.05. The molecule has 0 saturated heterocycles. The molecule has 0 fully saturated rings. The van der Waals surface area contributed by atoms with Crippen molar-refractivity contribution in [1.82, 2.24) is 4.90 Å². The van der Waals surface area contributed by atoms with E-state index in [0.29, 0.717) is 31.4 Å². The van der Waals surface area contributed by atoms with E-state index in [1.54, 1.807) is 21.3 Å². The summed E-state index contributed by atoms with van der Waals surface area (Å²) in [7, 11) is 8.52. The van der Waals surface area contributed by atoms with E-state index in [0.717, 1.165) is 0 Å². The van der Waals surface area contributed by atoms with E-state index in [4.69, 9.17) is 5.26 Å². The Bertz CT molecular complexity index is 340. The normalized spacial score (nSPS) is 8.04. The molecule has 0 radical (unpaired) electrons. The predicted molar refractivity (Wildman–Crippen MR) is 115 cm³/mol. The number of nitrogens with zero attached hydrogens (tertiary/aromatic N) is 2. The first kappa shape index (κ1) is 36.7. The van der Waals surface area contributed by atoms with E-state index < -0.39 is 0 Å². The van der Waals surface area contributed by atoms with Crippen LogP contribution >= 0.6 is 9.03 Å². The van der Waals surface area contributed by atoms with Gasteiger partial charge in [-0.05, 0) is 34.7 Å². The smallest absolute Gasteiger partial charge is 0.196 e. The molecule has 0 bridgehead atoms. The third kappa shape index (κ3) is 58.9. The highest BCUT2D eigenvalue weighted by molar-refractivity contribution is 7.26. The Morgan fingerprint density at radius 3 is 1.56 bits per heavy atom. The quantitative estimate of drug-likeness (QED) is 0.285. The third-order valence-electron chi connectivity index (χ3n) is 2.43. The first-order valence-corrected chi connectivity index (χ1v) is 9.48. The summed E-state index contributed by atoms with van der Waals surface area (Å²) < 4.78 is 17.7. The zero-order valence-electron chi connectivity index (χ0n) is 19.1. The Labute approximate surface area is 169 Å². The second kappa shape index (κ2) is 39.7. The second-order valence-corrected chi connectivity index (χ2v) is 5.80. The topological polar surface area (TPSA) is 81.0 Å². The van der Waals surface area contributed by atoms with Gasteiger partial charge in [-0.3, -0.25) is 4.79 Å². The second-order valence-electron chi connectivity index (χ2n) is 4.81. The number of nitriles is 1. The van der Waals surface area contributed by atoms with Gasteiger partial charge < -0.3 is 23.4 Å². The van der Waals surface area contributed by atoms with Crippen LogP contribution in [0.15, 0.2) is 0 Å². The number of aldehydes is 1. The summed E-state index contributed by atoms with van der Waals surface area (Å²) in [6, 6.07) is 3.30. The first-order valence-electron chi connectivity index (χ1n) is 8.66. The van der Waals surface area contributed by atoms with Crippen LogP contribution in [0, 0.1) is 23.4 Å². The van der Waals surface area contributed by atoms with Crippen LogP contribution in [0.3, 0.4) is 0 Å². The molecular weight excluding hydrogens is 367 g/mol. The molecule has 0 heterocycles. The molecule has 0 atom stereocenters. The number of rotatable bonds is 6. The summed E-state index contributed by atoms with van der Waals surface area (Å²) in [5.74, 6) is 2.05. The van der Waals surface area contributed by atoms with Crippen LogP contribution in [0.2, 0.25) is 0 Å². The average Bonchev–Trinajstić information content (AvgIpc) is 2.67. The monoisotopic (exact) mass is 408 g/mol. The molecule has 0 aliphatic heterocycles. The molecule has 27 heavy (non-hydrogen) atoms. The predicted octanol–water partition coefficient (Wildman–Crippen LogP) is 3.89. The largest absolute Gasteiger partial charge is 0.450 e. The van der Waals surface area contributed by atoms with Crippen LogP contribution in [0.4, 0.5) is 0 Å². The lowest BCUT2D eigenvalue weighted by atomic mass is 10.3. The summed E-state index contributed by atoms with van der Waals surface area (Å²) in [5, 5.41) is 7.87. The molecule has 0 spiro atoms. The molecule has 0 rings (SSSR count). The van der Waals surface area contributed by atoms with E-state index in [2.05, 4.69) is 64.3 Å². The van der Waals surface area contributed by atoms with Crippen molar-refractivity contribution in [1.29, 1.82) is 5.26 Å². The van der Waals surface area contributed by atoms with Gasteiger partial charge in [-0.25, -0.2) is 0 Å². The van der Waals surface area contributed by atoms with Crippen LogP contribution in [-0.2, 0) is 23.3 Å². The van der Waals surface area contributed by atoms with Crippen molar-refractivity contribution in [3.63, 3.8) is 0 Å². The lowest BCUT2D eigenvalue weighted by Crippen LogP contribution is -2.32. The zero-order valence-corrected chi connectivity index (χ0v) is 20.1. The van der Waals surface area contributed by atoms with Gasteiger partial charge >= 0.3 is 0 Å². The maximum absolute atomic E-state index is 9.31. The fraction of sp³-hybridized carbons (Fsp3) is 0.789. The van der Waals surface area contributed by atoms with Gasteiger partial charge in [0.15, 0.2) is 15.3 Å². The van der Waals surface area contributed by atoms with Crippen LogP contribution < -0.4 is 0 Å². The summed E-state index contributed by atoms with van der Waals surface area (Å²) in [4.78, 5) is 11.6. The highest BCUT2D eigenvalue weighted by Gasteiger charge is 2.04. The standard InChI is InChI=1S/C7H17N.C4H7NO.C4H4O2.C2H7O2P.C2H6/c1-6(2)8(5)7(3)4;2*1-6-4-2-3-5;1-3-5-4-2;1-2/h6-7H,1-5H3;2,4H2,1H3;3H,1H3;5H,1-2H3;1-2H3. The minimum atomic E-state index is 0.198. The van der Waals surface area contributed by atoms with Crippen molar-refractivity contribution < 1.29 is 23.3 Å². The molecular formula is C19H41N2O5P. The lowest BCUT2D eigenvalue weighted by Gasteiger charge is -2.24. The average molecular weight is 409 g/mol. The summed E-state index contributed by atoms with van der Waals surface area (Å²) in [6.07, 6.45) is 3.05. The van der Waals surface area contributed by atoms with Gasteiger partial charge in [0.1, 0.15) is 6.11 Å². The number of hydrogen-bond donors (Lipinski definition) is 0. The molecule has 0 aromatic heterocycles. The molecule has 162 valence electrons. The minimum Gasteiger partial charge on any atom is -0.450 e. The van der Waals surface area contributed by atoms with Gasteiger partial charge in [0.05, 0.1) is 26.2 Å². The summed E-state index contributed by atoms with van der Waals surface area (Å²) in [5.41, 5.74) is 0. The molecule has 0 aliphatic carbocycles. The molecule has 0 unspecified atom stereocenters. The van der Waals surface area contributed by atoms with Crippen molar-refractivity contribution in [3.05, 3.63) is 0 Å². The van der Waals surface area contributed by atoms with Crippen LogP contribution in [0.25, 0.3) is 0 Å². The Balaban J connectivity index is -0.0000000782. The van der Waals surface area contributed by atoms with Crippen molar-refractivity contribution in [3.8, 4) is 18.1 Å². The maximum Gasteiger partial charge on any atom is 0.196 e. The molecule has 7 nitrogen and oxygen atoms in total. The number of hydrogen-bond acceptors (Lipinski definition) is 7. The van der Waals surface area contributed by atoms with E-state index in [1.165, 1.54) is 7.11 Å². The molecule has 0 saturated carbocycles. The number of carbonyl (C=O) groups excluding carboxylic acids is 1. The summed E-state index contributed by atoms with van der Waals surface area (Å²) in [6.45, 7) is 13.4. The fourth-order valence-corrected chi connectivity index (χ4v) is 1.08. The number of methoxy groups -OCH3 is 2. The van der Waals surface area contributed by atoms with Crippen molar-refractivity contribution in [2.24, 2.45) is 0 Å². The van der Waals surface area contributed by atoms with Crippen molar-refractivity contribution in [2.75, 3.05) is 42.1 Å². The summed E-state index contributed by atoms with van der Waals surface area (Å²) >= 11 is 0. The molecule has 0 amide bonds. The Morgan fingerprint density at radius 2 is 1.48 bits per heavy atom. The Morgan fingerprint density at radius 1 is 1.04 bits per heavy atom. The van der Waals surface area contributed by atoms with E-state index >= 15 is 0 Å². The van der Waals surface area contributed by atoms with Gasteiger partial charge in [-0.15, -0.1) is 0 Å². The molecule has 0 N–H and O–H groups in total. The van der Waals surface area contributed by atoms with Gasteiger partial charge in [-0.2, -0.15) is 5.26 Å². The highest BCUT2D eigenvalue weighted by atomic mass is 31.1. The fourth-order valence-electron chi connectivity index (χ4n) is 0.910. The molecule has 0 aliphatic rings. The molecule has 0 aromatic carbocycles.